The minimum absolute atomic E-state index is 0.0479. The SMILES string of the molecule is COCCNC(=O)CCC(=O)Nc1ccc2c(n1)n(C)c(=O)n2C. The first-order valence-electron chi connectivity index (χ1n) is 7.52. The van der Waals surface area contributed by atoms with E-state index in [1.165, 1.54) is 9.13 Å². The summed E-state index contributed by atoms with van der Waals surface area (Å²) in [5.74, 6) is -0.186. The lowest BCUT2D eigenvalue weighted by atomic mass is 10.2. The topological polar surface area (TPSA) is 107 Å². The lowest BCUT2D eigenvalue weighted by Gasteiger charge is -2.06. The summed E-state index contributed by atoms with van der Waals surface area (Å²) < 4.78 is 7.72. The van der Waals surface area contributed by atoms with Crippen molar-refractivity contribution in [3.05, 3.63) is 22.6 Å². The molecule has 2 aromatic rings. The normalized spacial score (nSPS) is 10.8. The van der Waals surface area contributed by atoms with Crippen molar-refractivity contribution in [3.63, 3.8) is 0 Å². The average molecular weight is 335 g/mol. The van der Waals surface area contributed by atoms with Gasteiger partial charge in [0.05, 0.1) is 12.1 Å². The van der Waals surface area contributed by atoms with Gasteiger partial charge < -0.3 is 15.4 Å². The molecule has 0 saturated carbocycles. The Labute approximate surface area is 138 Å². The second kappa shape index (κ2) is 7.73. The fourth-order valence-electron chi connectivity index (χ4n) is 2.25. The van der Waals surface area contributed by atoms with Gasteiger partial charge in [-0.2, -0.15) is 0 Å². The van der Waals surface area contributed by atoms with Crippen LogP contribution >= 0.6 is 0 Å². The van der Waals surface area contributed by atoms with Crippen LogP contribution in [0.4, 0.5) is 5.82 Å². The van der Waals surface area contributed by atoms with Gasteiger partial charge in [0.25, 0.3) is 0 Å². The number of rotatable bonds is 7. The molecule has 0 aliphatic heterocycles. The van der Waals surface area contributed by atoms with Crippen LogP contribution in [0.5, 0.6) is 0 Å². The molecule has 0 saturated heterocycles. The van der Waals surface area contributed by atoms with Gasteiger partial charge in [-0.25, -0.2) is 9.78 Å². The number of aromatic nitrogens is 3. The molecule has 0 spiro atoms. The number of imidazole rings is 1. The van der Waals surface area contributed by atoms with E-state index in [1.807, 2.05) is 0 Å². The summed E-state index contributed by atoms with van der Waals surface area (Å²) in [6.07, 6.45) is 0.133. The van der Waals surface area contributed by atoms with E-state index in [2.05, 4.69) is 15.6 Å². The van der Waals surface area contributed by atoms with Gasteiger partial charge in [-0.1, -0.05) is 0 Å². The fourth-order valence-corrected chi connectivity index (χ4v) is 2.25. The Balaban J connectivity index is 1.95. The number of nitrogens with one attached hydrogen (secondary N) is 2. The molecule has 2 amide bonds. The number of methoxy groups -OCH3 is 1. The molecule has 2 N–H and O–H groups in total. The maximum absolute atomic E-state index is 11.9. The van der Waals surface area contributed by atoms with Crippen molar-refractivity contribution in [2.45, 2.75) is 12.8 Å². The number of fused-ring (bicyclic) bond motifs is 1. The van der Waals surface area contributed by atoms with Gasteiger partial charge in [0.1, 0.15) is 5.82 Å². The Kier molecular flexibility index (Phi) is 5.69. The Morgan fingerprint density at radius 1 is 1.17 bits per heavy atom. The van der Waals surface area contributed by atoms with E-state index in [0.29, 0.717) is 30.1 Å². The average Bonchev–Trinajstić information content (AvgIpc) is 2.78. The van der Waals surface area contributed by atoms with Crippen molar-refractivity contribution in [3.8, 4) is 0 Å². The van der Waals surface area contributed by atoms with Gasteiger partial charge in [0, 0.05) is 40.6 Å². The number of hydrogen-bond donors (Lipinski definition) is 2. The maximum atomic E-state index is 11.9. The number of ether oxygens (including phenoxy) is 1. The minimum atomic E-state index is -0.315. The molecule has 130 valence electrons. The lowest BCUT2D eigenvalue weighted by Crippen LogP contribution is -2.27. The second-order valence-electron chi connectivity index (χ2n) is 5.33. The van der Waals surface area contributed by atoms with Gasteiger partial charge in [0.15, 0.2) is 5.65 Å². The highest BCUT2D eigenvalue weighted by atomic mass is 16.5. The fraction of sp³-hybridized carbons (Fsp3) is 0.467. The zero-order valence-electron chi connectivity index (χ0n) is 14.0. The molecule has 0 atom stereocenters. The van der Waals surface area contributed by atoms with Crippen LogP contribution in [0.1, 0.15) is 12.8 Å². The number of hydrogen-bond acceptors (Lipinski definition) is 5. The molecular weight excluding hydrogens is 314 g/mol. The molecule has 24 heavy (non-hydrogen) atoms. The molecule has 2 rings (SSSR count). The number of aryl methyl sites for hydroxylation is 2. The van der Waals surface area contributed by atoms with Crippen LogP contribution in [0.3, 0.4) is 0 Å². The van der Waals surface area contributed by atoms with Crippen LogP contribution in [-0.4, -0.2) is 46.2 Å². The summed E-state index contributed by atoms with van der Waals surface area (Å²) >= 11 is 0. The molecule has 9 nitrogen and oxygen atoms in total. The minimum Gasteiger partial charge on any atom is -0.383 e. The van der Waals surface area contributed by atoms with Gasteiger partial charge in [0.2, 0.25) is 11.8 Å². The number of carbonyl (C=O) groups is 2. The lowest BCUT2D eigenvalue weighted by molar-refractivity contribution is -0.124. The van der Waals surface area contributed by atoms with E-state index >= 15 is 0 Å². The molecule has 0 fully saturated rings. The first-order valence-corrected chi connectivity index (χ1v) is 7.52. The van der Waals surface area contributed by atoms with Gasteiger partial charge in [-0.3, -0.25) is 18.7 Å². The van der Waals surface area contributed by atoms with E-state index in [4.69, 9.17) is 4.74 Å². The van der Waals surface area contributed by atoms with Gasteiger partial charge >= 0.3 is 5.69 Å². The number of anilines is 1. The van der Waals surface area contributed by atoms with Crippen LogP contribution in [0.15, 0.2) is 16.9 Å². The molecule has 2 aromatic heterocycles. The third kappa shape index (κ3) is 3.99. The van der Waals surface area contributed by atoms with Crippen LogP contribution in [-0.2, 0) is 28.4 Å². The number of pyridine rings is 1. The Morgan fingerprint density at radius 3 is 2.58 bits per heavy atom. The maximum Gasteiger partial charge on any atom is 0.329 e. The quantitative estimate of drug-likeness (QED) is 0.679. The Hall–Kier alpha value is -2.68. The molecule has 0 aromatic carbocycles. The molecule has 2 heterocycles. The van der Waals surface area contributed by atoms with Gasteiger partial charge in [-0.15, -0.1) is 0 Å². The number of carbonyl (C=O) groups excluding carboxylic acids is 2. The van der Waals surface area contributed by atoms with E-state index in [-0.39, 0.29) is 30.3 Å². The Bertz CT molecular complexity index is 808. The van der Waals surface area contributed by atoms with Crippen LogP contribution in [0.25, 0.3) is 11.2 Å². The summed E-state index contributed by atoms with van der Waals surface area (Å²) in [5, 5.41) is 5.28. The predicted molar refractivity (Wildman–Crippen MR) is 88.7 cm³/mol. The third-order valence-electron chi connectivity index (χ3n) is 3.58. The van der Waals surface area contributed by atoms with Crippen molar-refractivity contribution < 1.29 is 14.3 Å². The first-order chi connectivity index (χ1) is 11.4. The highest BCUT2D eigenvalue weighted by Crippen LogP contribution is 2.13. The van der Waals surface area contributed by atoms with E-state index < -0.39 is 0 Å². The van der Waals surface area contributed by atoms with E-state index in [9.17, 15) is 14.4 Å². The first kappa shape index (κ1) is 17.7. The zero-order chi connectivity index (χ0) is 17.7. The second-order valence-corrected chi connectivity index (χ2v) is 5.33. The molecule has 9 heteroatoms. The number of nitrogens with zero attached hydrogens (tertiary/aromatic N) is 3. The highest BCUT2D eigenvalue weighted by Gasteiger charge is 2.12. The monoisotopic (exact) mass is 335 g/mol. The molecular formula is C15H21N5O4. The van der Waals surface area contributed by atoms with Crippen molar-refractivity contribution >= 4 is 28.8 Å². The molecule has 0 radical (unpaired) electrons. The van der Waals surface area contributed by atoms with E-state index in [0.717, 1.165) is 0 Å². The number of amides is 2. The molecule has 0 aliphatic carbocycles. The molecule has 0 bridgehead atoms. The third-order valence-corrected chi connectivity index (χ3v) is 3.58. The summed E-state index contributed by atoms with van der Waals surface area (Å²) in [7, 11) is 4.83. The standard InChI is InChI=1S/C15H21N5O4/c1-19-10-4-5-11(18-14(10)20(2)15(19)23)17-13(22)7-6-12(21)16-8-9-24-3/h4-5H,6-9H2,1-3H3,(H,16,21)(H,17,18,22). The van der Waals surface area contributed by atoms with Crippen LogP contribution < -0.4 is 16.3 Å². The van der Waals surface area contributed by atoms with Crippen LogP contribution in [0.2, 0.25) is 0 Å². The van der Waals surface area contributed by atoms with Crippen molar-refractivity contribution in [2.75, 3.05) is 25.6 Å². The predicted octanol–water partition coefficient (Wildman–Crippen LogP) is -0.247. The summed E-state index contributed by atoms with van der Waals surface area (Å²) in [6.45, 7) is 0.842. The van der Waals surface area contributed by atoms with Crippen molar-refractivity contribution in [2.24, 2.45) is 14.1 Å². The molecule has 0 unspecified atom stereocenters. The summed E-state index contributed by atoms with van der Waals surface area (Å²) in [5.41, 5.74) is 0.976. The molecule has 0 aliphatic rings. The zero-order valence-corrected chi connectivity index (χ0v) is 14.0. The van der Waals surface area contributed by atoms with E-state index in [1.54, 1.807) is 33.3 Å². The summed E-state index contributed by atoms with van der Waals surface area (Å²) in [6, 6.07) is 3.34. The van der Waals surface area contributed by atoms with Gasteiger partial charge in [-0.05, 0) is 12.1 Å². The van der Waals surface area contributed by atoms with Crippen LogP contribution in [0, 0.1) is 0 Å². The van der Waals surface area contributed by atoms with Crippen molar-refractivity contribution in [1.82, 2.24) is 19.4 Å². The Morgan fingerprint density at radius 2 is 1.88 bits per heavy atom. The van der Waals surface area contributed by atoms with Crippen molar-refractivity contribution in [1.29, 1.82) is 0 Å². The highest BCUT2D eigenvalue weighted by molar-refractivity contribution is 5.93. The summed E-state index contributed by atoms with van der Waals surface area (Å²) in [4.78, 5) is 39.6. The largest absolute Gasteiger partial charge is 0.383 e. The smallest absolute Gasteiger partial charge is 0.329 e.